The minimum atomic E-state index is -1.13. The highest BCUT2D eigenvalue weighted by Crippen LogP contribution is 2.48. The van der Waals surface area contributed by atoms with Crippen LogP contribution in [0.1, 0.15) is 41.8 Å². The fraction of sp³-hybridized carbons (Fsp3) is 0.269. The van der Waals surface area contributed by atoms with Crippen molar-refractivity contribution in [3.63, 3.8) is 0 Å². The zero-order valence-electron chi connectivity index (χ0n) is 18.8. The summed E-state index contributed by atoms with van der Waals surface area (Å²) in [7, 11) is 0. The molecule has 0 saturated heterocycles. The molecule has 0 spiro atoms. The lowest BCUT2D eigenvalue weighted by Gasteiger charge is -2.31. The largest absolute Gasteiger partial charge is 0.481 e. The molecule has 4 rings (SSSR count). The molecule has 8 heteroatoms. The van der Waals surface area contributed by atoms with Crippen molar-refractivity contribution < 1.29 is 28.3 Å². The molecule has 1 aliphatic heterocycles. The van der Waals surface area contributed by atoms with Crippen LogP contribution in [-0.2, 0) is 16.0 Å². The lowest BCUT2D eigenvalue weighted by atomic mass is 9.79. The van der Waals surface area contributed by atoms with Gasteiger partial charge in [0.05, 0.1) is 12.0 Å². The van der Waals surface area contributed by atoms with Crippen LogP contribution in [0.3, 0.4) is 0 Å². The highest BCUT2D eigenvalue weighted by molar-refractivity contribution is 6.04. The Labute approximate surface area is 195 Å². The summed E-state index contributed by atoms with van der Waals surface area (Å²) in [5.41, 5.74) is 3.38. The van der Waals surface area contributed by atoms with E-state index >= 15 is 0 Å². The van der Waals surface area contributed by atoms with Crippen LogP contribution in [0.5, 0.6) is 0 Å². The Morgan fingerprint density at radius 2 is 1.82 bits per heavy atom. The fourth-order valence-corrected chi connectivity index (χ4v) is 4.65. The number of nitrogens with zero attached hydrogens (tertiary/aromatic N) is 1. The maximum Gasteiger partial charge on any atom is 0.305 e. The first-order chi connectivity index (χ1) is 16.1. The van der Waals surface area contributed by atoms with Gasteiger partial charge in [0.15, 0.2) is 11.6 Å². The number of fused-ring (bicyclic) bond motifs is 2. The number of hydrogen-bond donors (Lipinski definition) is 2. The van der Waals surface area contributed by atoms with E-state index in [1.807, 2.05) is 38.1 Å². The van der Waals surface area contributed by atoms with E-state index in [4.69, 9.17) is 5.11 Å². The molecule has 2 aromatic carbocycles. The molecule has 176 valence electrons. The number of halogens is 2. The molecule has 1 heterocycles. The van der Waals surface area contributed by atoms with E-state index in [-0.39, 0.29) is 30.6 Å². The van der Waals surface area contributed by atoms with Crippen LogP contribution in [0.4, 0.5) is 8.78 Å². The first-order valence-corrected chi connectivity index (χ1v) is 10.9. The normalized spacial score (nSPS) is 16.4. The van der Waals surface area contributed by atoms with Gasteiger partial charge in [0.2, 0.25) is 0 Å². The van der Waals surface area contributed by atoms with E-state index in [1.54, 1.807) is 0 Å². The zero-order valence-corrected chi connectivity index (χ0v) is 18.8. The van der Waals surface area contributed by atoms with Gasteiger partial charge < -0.3 is 15.3 Å². The first-order valence-electron chi connectivity index (χ1n) is 10.9. The monoisotopic (exact) mass is 466 g/mol. The SMILES string of the molecule is CC1(C)CN(C(=O)c2ccc(F)c(F)c2)C=C(C(=O)NCCC(=O)O)C2=C1c1ccccc1C2. The average molecular weight is 466 g/mol. The van der Waals surface area contributed by atoms with E-state index in [2.05, 4.69) is 5.32 Å². The van der Waals surface area contributed by atoms with Gasteiger partial charge in [-0.1, -0.05) is 38.1 Å². The van der Waals surface area contributed by atoms with Crippen molar-refractivity contribution in [2.24, 2.45) is 5.41 Å². The van der Waals surface area contributed by atoms with Crippen molar-refractivity contribution in [2.45, 2.75) is 26.7 Å². The van der Waals surface area contributed by atoms with Gasteiger partial charge >= 0.3 is 5.97 Å². The third-order valence-electron chi connectivity index (χ3n) is 6.10. The van der Waals surface area contributed by atoms with Crippen molar-refractivity contribution in [3.05, 3.63) is 88.1 Å². The van der Waals surface area contributed by atoms with Crippen LogP contribution in [0.25, 0.3) is 5.57 Å². The zero-order chi connectivity index (χ0) is 24.6. The molecule has 2 aromatic rings. The maximum absolute atomic E-state index is 13.8. The second kappa shape index (κ2) is 8.85. The van der Waals surface area contributed by atoms with Gasteiger partial charge in [-0.2, -0.15) is 0 Å². The van der Waals surface area contributed by atoms with Gasteiger partial charge in [0, 0.05) is 30.3 Å². The quantitative estimate of drug-likeness (QED) is 0.699. The highest BCUT2D eigenvalue weighted by atomic mass is 19.2. The van der Waals surface area contributed by atoms with Gasteiger partial charge in [-0.25, -0.2) is 8.78 Å². The predicted octanol–water partition coefficient (Wildman–Crippen LogP) is 3.93. The summed E-state index contributed by atoms with van der Waals surface area (Å²) in [5, 5.41) is 11.5. The molecule has 0 bridgehead atoms. The lowest BCUT2D eigenvalue weighted by Crippen LogP contribution is -2.35. The number of amides is 2. The molecule has 2 amide bonds. The number of carboxylic acid groups (broad SMARTS) is 1. The molecule has 2 aliphatic rings. The molecule has 2 N–H and O–H groups in total. The molecule has 34 heavy (non-hydrogen) atoms. The topological polar surface area (TPSA) is 86.7 Å². The Balaban J connectivity index is 1.78. The van der Waals surface area contributed by atoms with E-state index in [9.17, 15) is 23.2 Å². The van der Waals surface area contributed by atoms with Crippen LogP contribution in [0.2, 0.25) is 0 Å². The van der Waals surface area contributed by atoms with Crippen LogP contribution in [0, 0.1) is 17.0 Å². The number of carboxylic acids is 1. The van der Waals surface area contributed by atoms with Crippen LogP contribution in [0.15, 0.2) is 59.8 Å². The molecule has 1 aliphatic carbocycles. The summed E-state index contributed by atoms with van der Waals surface area (Å²) in [4.78, 5) is 38.7. The Morgan fingerprint density at radius 3 is 2.53 bits per heavy atom. The Morgan fingerprint density at radius 1 is 1.09 bits per heavy atom. The number of nitrogens with one attached hydrogen (secondary N) is 1. The van der Waals surface area contributed by atoms with Crippen LogP contribution < -0.4 is 5.32 Å². The number of benzene rings is 2. The number of carbonyl (C=O) groups excluding carboxylic acids is 2. The molecule has 0 fully saturated rings. The van der Waals surface area contributed by atoms with E-state index in [1.165, 1.54) is 17.2 Å². The molecular formula is C26H24F2N2O4. The van der Waals surface area contributed by atoms with E-state index in [0.717, 1.165) is 34.4 Å². The average Bonchev–Trinajstić information content (AvgIpc) is 3.12. The summed E-state index contributed by atoms with van der Waals surface area (Å²) in [6.07, 6.45) is 1.68. The van der Waals surface area contributed by atoms with E-state index in [0.29, 0.717) is 6.42 Å². The first kappa shape index (κ1) is 23.4. The molecule has 6 nitrogen and oxygen atoms in total. The summed E-state index contributed by atoms with van der Waals surface area (Å²) in [5.74, 6) is -4.30. The Bertz CT molecular complexity index is 1260. The Hall–Kier alpha value is -3.81. The Kier molecular flexibility index (Phi) is 6.08. The molecular weight excluding hydrogens is 442 g/mol. The number of hydrogen-bond acceptors (Lipinski definition) is 3. The maximum atomic E-state index is 13.8. The summed E-state index contributed by atoms with van der Waals surface area (Å²) >= 11 is 0. The number of rotatable bonds is 5. The van der Waals surface area contributed by atoms with Gasteiger partial charge in [-0.05, 0) is 46.9 Å². The van der Waals surface area contributed by atoms with Crippen LogP contribution >= 0.6 is 0 Å². The van der Waals surface area contributed by atoms with Gasteiger partial charge in [-0.3, -0.25) is 14.4 Å². The second-order valence-corrected chi connectivity index (χ2v) is 9.08. The van der Waals surface area contributed by atoms with Crippen molar-refractivity contribution in [2.75, 3.05) is 13.1 Å². The summed E-state index contributed by atoms with van der Waals surface area (Å²) < 4.78 is 27.2. The summed E-state index contributed by atoms with van der Waals surface area (Å²) in [6, 6.07) is 10.7. The van der Waals surface area contributed by atoms with Gasteiger partial charge in [0.1, 0.15) is 0 Å². The fourth-order valence-electron chi connectivity index (χ4n) is 4.65. The van der Waals surface area contributed by atoms with Gasteiger partial charge in [-0.15, -0.1) is 0 Å². The van der Waals surface area contributed by atoms with Crippen LogP contribution in [-0.4, -0.2) is 40.9 Å². The van der Waals surface area contributed by atoms with Crippen molar-refractivity contribution in [3.8, 4) is 0 Å². The van der Waals surface area contributed by atoms with Crippen molar-refractivity contribution in [1.82, 2.24) is 10.2 Å². The second-order valence-electron chi connectivity index (χ2n) is 9.08. The third kappa shape index (κ3) is 4.35. The molecule has 0 atom stereocenters. The molecule has 0 saturated carbocycles. The minimum Gasteiger partial charge on any atom is -0.481 e. The predicted molar refractivity (Wildman–Crippen MR) is 122 cm³/mol. The number of carbonyl (C=O) groups is 3. The van der Waals surface area contributed by atoms with E-state index < -0.39 is 34.8 Å². The minimum absolute atomic E-state index is 0.0426. The van der Waals surface area contributed by atoms with Crippen molar-refractivity contribution >= 4 is 23.4 Å². The smallest absolute Gasteiger partial charge is 0.305 e. The highest BCUT2D eigenvalue weighted by Gasteiger charge is 2.40. The number of aliphatic carboxylic acids is 1. The molecule has 0 unspecified atom stereocenters. The van der Waals surface area contributed by atoms with Gasteiger partial charge in [0.25, 0.3) is 11.8 Å². The molecule has 0 aromatic heterocycles. The van der Waals surface area contributed by atoms with Crippen molar-refractivity contribution in [1.29, 1.82) is 0 Å². The molecule has 0 radical (unpaired) electrons. The third-order valence-corrected chi connectivity index (χ3v) is 6.10. The summed E-state index contributed by atoms with van der Waals surface area (Å²) in [6.45, 7) is 4.07. The standard InChI is InChI=1S/C26H24F2N2O4/c1-26(2)14-30(25(34)16-7-8-20(27)21(28)12-16)13-19(24(33)29-10-9-22(31)32)18-11-15-5-3-4-6-17(15)23(18)26/h3-8,12-13H,9-11,14H2,1-2H3,(H,29,33)(H,31,32). The lowest BCUT2D eigenvalue weighted by molar-refractivity contribution is -0.136.